The molecule has 1 aliphatic heterocycles. The summed E-state index contributed by atoms with van der Waals surface area (Å²) in [6.07, 6.45) is 0.815. The number of nitrogens with one attached hydrogen (secondary N) is 1. The van der Waals surface area contributed by atoms with Crippen molar-refractivity contribution in [1.29, 1.82) is 0 Å². The first-order valence-corrected chi connectivity index (χ1v) is 9.18. The van der Waals surface area contributed by atoms with E-state index in [0.717, 1.165) is 6.26 Å². The minimum absolute atomic E-state index is 0.0738. The highest BCUT2D eigenvalue weighted by atomic mass is 35.5. The van der Waals surface area contributed by atoms with Gasteiger partial charge in [-0.05, 0) is 18.1 Å². The third kappa shape index (κ3) is 4.00. The van der Waals surface area contributed by atoms with Crippen LogP contribution in [-0.2, 0) is 14.4 Å². The van der Waals surface area contributed by atoms with Gasteiger partial charge < -0.3 is 14.9 Å². The largest absolute Gasteiger partial charge is 0.480 e. The molecular formula is C19H18ClN3O6. The van der Waals surface area contributed by atoms with E-state index in [1.54, 1.807) is 38.1 Å². The van der Waals surface area contributed by atoms with Crippen LogP contribution in [0.4, 0.5) is 0 Å². The molecule has 0 unspecified atom stereocenters. The number of likely N-dealkylation sites (tertiary alicyclic amines) is 1. The molecule has 10 heteroatoms. The quantitative estimate of drug-likeness (QED) is 0.684. The van der Waals surface area contributed by atoms with Crippen LogP contribution in [0.1, 0.15) is 30.6 Å². The topological polar surface area (TPSA) is 130 Å². The van der Waals surface area contributed by atoms with Crippen LogP contribution in [0.3, 0.4) is 0 Å². The lowest BCUT2D eigenvalue weighted by molar-refractivity contribution is -0.156. The van der Waals surface area contributed by atoms with E-state index in [1.165, 1.54) is 0 Å². The third-order valence-corrected chi connectivity index (χ3v) is 4.83. The van der Waals surface area contributed by atoms with Crippen LogP contribution in [0.25, 0.3) is 11.3 Å². The van der Waals surface area contributed by atoms with Gasteiger partial charge in [0.2, 0.25) is 5.91 Å². The zero-order valence-electron chi connectivity index (χ0n) is 15.6. The molecule has 2 N–H and O–H groups in total. The number of nitrogens with zero attached hydrogens (tertiary/aromatic N) is 2. The summed E-state index contributed by atoms with van der Waals surface area (Å²) in [5.74, 6) is -3.83. The lowest BCUT2D eigenvalue weighted by Crippen LogP contribution is -2.50. The van der Waals surface area contributed by atoms with Crippen molar-refractivity contribution in [3.63, 3.8) is 0 Å². The molecule has 2 aromatic rings. The SMILES string of the molecule is CC(C)[C@H](C(=O)O)N1C(=O)C[C@H](NC(=O)c2conc2-c2ccc(Cl)cc2)C1=O. The number of halogens is 1. The van der Waals surface area contributed by atoms with Gasteiger partial charge in [0.05, 0.1) is 6.42 Å². The van der Waals surface area contributed by atoms with Crippen LogP contribution in [0.15, 0.2) is 35.1 Å². The summed E-state index contributed by atoms with van der Waals surface area (Å²) < 4.78 is 4.90. The first-order chi connectivity index (χ1) is 13.7. The number of amides is 3. The Morgan fingerprint density at radius 1 is 1.28 bits per heavy atom. The smallest absolute Gasteiger partial charge is 0.327 e. The predicted octanol–water partition coefficient (Wildman–Crippen LogP) is 1.96. The average Bonchev–Trinajstić information content (AvgIpc) is 3.23. The van der Waals surface area contributed by atoms with Gasteiger partial charge in [-0.25, -0.2) is 4.79 Å². The van der Waals surface area contributed by atoms with Crippen molar-refractivity contribution in [3.05, 3.63) is 41.1 Å². The maximum Gasteiger partial charge on any atom is 0.327 e. The van der Waals surface area contributed by atoms with Crippen LogP contribution in [-0.4, -0.2) is 50.9 Å². The van der Waals surface area contributed by atoms with Gasteiger partial charge in [0.15, 0.2) is 0 Å². The van der Waals surface area contributed by atoms with Crippen LogP contribution in [0.2, 0.25) is 5.02 Å². The zero-order chi connectivity index (χ0) is 21.3. The molecule has 0 aliphatic carbocycles. The van der Waals surface area contributed by atoms with Crippen LogP contribution in [0.5, 0.6) is 0 Å². The normalized spacial score (nSPS) is 17.7. The fourth-order valence-corrected chi connectivity index (χ4v) is 3.33. The maximum atomic E-state index is 12.7. The number of aromatic nitrogens is 1. The molecule has 0 radical (unpaired) electrons. The van der Waals surface area contributed by atoms with E-state index < -0.39 is 41.7 Å². The summed E-state index contributed by atoms with van der Waals surface area (Å²) in [6, 6.07) is 4.11. The van der Waals surface area contributed by atoms with E-state index in [1.807, 2.05) is 0 Å². The molecule has 0 spiro atoms. The van der Waals surface area contributed by atoms with Crippen molar-refractivity contribution in [2.45, 2.75) is 32.4 Å². The Labute approximate surface area is 170 Å². The molecule has 2 atom stereocenters. The van der Waals surface area contributed by atoms with E-state index in [0.29, 0.717) is 15.5 Å². The second-order valence-corrected chi connectivity index (χ2v) is 7.38. The predicted molar refractivity (Wildman–Crippen MR) is 101 cm³/mol. The van der Waals surface area contributed by atoms with Gasteiger partial charge in [-0.15, -0.1) is 0 Å². The number of rotatable bonds is 6. The first kappa shape index (κ1) is 20.5. The molecule has 152 valence electrons. The number of hydrogen-bond acceptors (Lipinski definition) is 6. The molecule has 1 aliphatic rings. The summed E-state index contributed by atoms with van der Waals surface area (Å²) in [7, 11) is 0. The lowest BCUT2D eigenvalue weighted by atomic mass is 10.0. The van der Waals surface area contributed by atoms with Gasteiger partial charge in [0.25, 0.3) is 11.8 Å². The first-order valence-electron chi connectivity index (χ1n) is 8.80. The molecule has 1 fully saturated rings. The average molecular weight is 420 g/mol. The molecule has 2 heterocycles. The van der Waals surface area contributed by atoms with Crippen LogP contribution >= 0.6 is 11.6 Å². The highest BCUT2D eigenvalue weighted by Gasteiger charge is 2.46. The van der Waals surface area contributed by atoms with Gasteiger partial charge in [-0.2, -0.15) is 0 Å². The van der Waals surface area contributed by atoms with E-state index >= 15 is 0 Å². The van der Waals surface area contributed by atoms with Crippen molar-refractivity contribution >= 4 is 35.3 Å². The number of carbonyl (C=O) groups excluding carboxylic acids is 3. The molecule has 1 aromatic heterocycles. The molecule has 0 saturated carbocycles. The van der Waals surface area contributed by atoms with Gasteiger partial charge in [-0.1, -0.05) is 42.7 Å². The van der Waals surface area contributed by atoms with Gasteiger partial charge >= 0.3 is 5.97 Å². The van der Waals surface area contributed by atoms with Gasteiger partial charge in [0, 0.05) is 10.6 Å². The number of imide groups is 1. The number of aliphatic carboxylic acids is 1. The fourth-order valence-electron chi connectivity index (χ4n) is 3.20. The second kappa shape index (κ2) is 8.04. The molecule has 0 bridgehead atoms. The number of carboxylic acids is 1. The minimum atomic E-state index is -1.29. The highest BCUT2D eigenvalue weighted by Crippen LogP contribution is 2.25. The van der Waals surface area contributed by atoms with Gasteiger partial charge in [0.1, 0.15) is 29.6 Å². The van der Waals surface area contributed by atoms with E-state index in [4.69, 9.17) is 16.1 Å². The molecule has 3 rings (SSSR count). The maximum absolute atomic E-state index is 12.7. The Morgan fingerprint density at radius 2 is 1.93 bits per heavy atom. The lowest BCUT2D eigenvalue weighted by Gasteiger charge is -2.25. The van der Waals surface area contributed by atoms with Gasteiger partial charge in [-0.3, -0.25) is 19.3 Å². The Hall–Kier alpha value is -3.20. The molecule has 9 nitrogen and oxygen atoms in total. The Balaban J connectivity index is 1.80. The van der Waals surface area contributed by atoms with Crippen molar-refractivity contribution in [2.24, 2.45) is 5.92 Å². The third-order valence-electron chi connectivity index (χ3n) is 4.58. The molecule has 1 saturated heterocycles. The summed E-state index contributed by atoms with van der Waals surface area (Å²) in [6.45, 7) is 3.20. The Bertz CT molecular complexity index is 969. The fraction of sp³-hybridized carbons (Fsp3) is 0.316. The summed E-state index contributed by atoms with van der Waals surface area (Å²) in [5.41, 5.74) is 0.901. The second-order valence-electron chi connectivity index (χ2n) is 6.94. The van der Waals surface area contributed by atoms with Crippen molar-refractivity contribution in [2.75, 3.05) is 0 Å². The summed E-state index contributed by atoms with van der Waals surface area (Å²) in [4.78, 5) is 49.8. The van der Waals surface area contributed by atoms with E-state index in [9.17, 15) is 24.3 Å². The number of benzene rings is 1. The minimum Gasteiger partial charge on any atom is -0.480 e. The molecular weight excluding hydrogens is 402 g/mol. The standard InChI is InChI=1S/C19H18ClN3O6/c1-9(2)16(19(27)28)23-14(24)7-13(18(23)26)21-17(25)12-8-29-22-15(12)10-3-5-11(20)6-4-10/h3-6,8-9,13,16H,7H2,1-2H3,(H,21,25)(H,27,28)/t13-,16+/m0/s1. The number of hydrogen-bond donors (Lipinski definition) is 2. The van der Waals surface area contributed by atoms with Crippen LogP contribution in [0, 0.1) is 5.92 Å². The van der Waals surface area contributed by atoms with E-state index in [2.05, 4.69) is 10.5 Å². The van der Waals surface area contributed by atoms with Crippen LogP contribution < -0.4 is 5.32 Å². The number of carboxylic acid groups (broad SMARTS) is 1. The molecule has 1 aromatic carbocycles. The molecule has 3 amide bonds. The number of carbonyl (C=O) groups is 4. The zero-order valence-corrected chi connectivity index (χ0v) is 16.3. The monoisotopic (exact) mass is 419 g/mol. The summed E-state index contributed by atoms with van der Waals surface area (Å²) >= 11 is 5.86. The Morgan fingerprint density at radius 3 is 2.52 bits per heavy atom. The van der Waals surface area contributed by atoms with Crippen molar-refractivity contribution in [1.82, 2.24) is 15.4 Å². The molecule has 29 heavy (non-hydrogen) atoms. The van der Waals surface area contributed by atoms with Crippen molar-refractivity contribution in [3.8, 4) is 11.3 Å². The Kier molecular flexibility index (Phi) is 5.69. The summed E-state index contributed by atoms with van der Waals surface area (Å²) in [5, 5.41) is 16.2. The van der Waals surface area contributed by atoms with E-state index in [-0.39, 0.29) is 17.7 Å². The van der Waals surface area contributed by atoms with Crippen molar-refractivity contribution < 1.29 is 28.8 Å². The highest BCUT2D eigenvalue weighted by molar-refractivity contribution is 6.30.